The Balaban J connectivity index is 1.42. The van der Waals surface area contributed by atoms with Crippen LogP contribution in [0.15, 0.2) is 64.2 Å². The Morgan fingerprint density at radius 1 is 1.14 bits per heavy atom. The maximum Gasteiger partial charge on any atom is 0.278 e. The molecule has 37 heavy (non-hydrogen) atoms. The Bertz CT molecular complexity index is 1610. The van der Waals surface area contributed by atoms with Gasteiger partial charge in [0.25, 0.3) is 5.56 Å². The first-order chi connectivity index (χ1) is 17.9. The SMILES string of the molecule is Cc1ccc2c(c1)c1ncn(Cc3nc(C(C)C)no3)c(=O)c1n2CC(=O)NCCCc1ccccc1. The summed E-state index contributed by atoms with van der Waals surface area (Å²) in [6.45, 7) is 6.62. The second-order valence-corrected chi connectivity index (χ2v) is 9.62. The second kappa shape index (κ2) is 10.4. The highest BCUT2D eigenvalue weighted by molar-refractivity contribution is 6.06. The van der Waals surface area contributed by atoms with Crippen LogP contribution in [0.1, 0.15) is 49.0 Å². The predicted octanol–water partition coefficient (Wildman–Crippen LogP) is 3.96. The van der Waals surface area contributed by atoms with Crippen molar-refractivity contribution in [1.82, 2.24) is 29.6 Å². The van der Waals surface area contributed by atoms with Crippen molar-refractivity contribution in [2.45, 2.75) is 52.6 Å². The molecule has 5 rings (SSSR count). The summed E-state index contributed by atoms with van der Waals surface area (Å²) in [5.74, 6) is 0.889. The number of hydrogen-bond donors (Lipinski definition) is 1. The van der Waals surface area contributed by atoms with Crippen molar-refractivity contribution in [3.63, 3.8) is 0 Å². The van der Waals surface area contributed by atoms with E-state index in [1.165, 1.54) is 16.5 Å². The van der Waals surface area contributed by atoms with E-state index in [1.807, 2.05) is 57.2 Å². The molecule has 9 nitrogen and oxygen atoms in total. The van der Waals surface area contributed by atoms with Crippen LogP contribution in [0.5, 0.6) is 0 Å². The largest absolute Gasteiger partial charge is 0.355 e. The van der Waals surface area contributed by atoms with Crippen molar-refractivity contribution in [2.24, 2.45) is 0 Å². The average molecular weight is 499 g/mol. The van der Waals surface area contributed by atoms with Crippen molar-refractivity contribution in [3.8, 4) is 0 Å². The van der Waals surface area contributed by atoms with Gasteiger partial charge >= 0.3 is 0 Å². The summed E-state index contributed by atoms with van der Waals surface area (Å²) in [6.07, 6.45) is 3.22. The molecule has 0 bridgehead atoms. The third kappa shape index (κ3) is 5.16. The molecule has 0 aliphatic heterocycles. The fourth-order valence-electron chi connectivity index (χ4n) is 4.47. The molecule has 0 spiro atoms. The monoisotopic (exact) mass is 498 g/mol. The molecule has 1 amide bonds. The summed E-state index contributed by atoms with van der Waals surface area (Å²) in [7, 11) is 0. The van der Waals surface area contributed by atoms with Gasteiger partial charge in [-0.1, -0.05) is 61.0 Å². The third-order valence-corrected chi connectivity index (χ3v) is 6.40. The number of nitrogens with one attached hydrogen (secondary N) is 1. The van der Waals surface area contributed by atoms with Crippen LogP contribution in [0.4, 0.5) is 0 Å². The van der Waals surface area contributed by atoms with Crippen LogP contribution in [0.25, 0.3) is 21.9 Å². The zero-order valence-electron chi connectivity index (χ0n) is 21.3. The first-order valence-corrected chi connectivity index (χ1v) is 12.5. The van der Waals surface area contributed by atoms with Gasteiger partial charge in [0.15, 0.2) is 5.82 Å². The maximum atomic E-state index is 13.6. The van der Waals surface area contributed by atoms with Crippen LogP contribution in [-0.2, 0) is 24.3 Å². The molecule has 0 fully saturated rings. The van der Waals surface area contributed by atoms with Gasteiger partial charge in [-0.15, -0.1) is 0 Å². The smallest absolute Gasteiger partial charge is 0.278 e. The highest BCUT2D eigenvalue weighted by Gasteiger charge is 2.20. The quantitative estimate of drug-likeness (QED) is 0.308. The zero-order chi connectivity index (χ0) is 25.9. The Morgan fingerprint density at radius 3 is 2.70 bits per heavy atom. The van der Waals surface area contributed by atoms with Crippen molar-refractivity contribution in [2.75, 3.05) is 6.54 Å². The van der Waals surface area contributed by atoms with E-state index < -0.39 is 0 Å². The number of rotatable bonds is 9. The van der Waals surface area contributed by atoms with Crippen LogP contribution in [0.2, 0.25) is 0 Å². The van der Waals surface area contributed by atoms with Gasteiger partial charge in [-0.05, 0) is 37.5 Å². The van der Waals surface area contributed by atoms with Crippen molar-refractivity contribution < 1.29 is 9.32 Å². The Morgan fingerprint density at radius 2 is 1.95 bits per heavy atom. The molecule has 0 atom stereocenters. The molecule has 0 aliphatic carbocycles. The van der Waals surface area contributed by atoms with Gasteiger partial charge in [0.2, 0.25) is 11.8 Å². The zero-order valence-corrected chi connectivity index (χ0v) is 21.3. The lowest BCUT2D eigenvalue weighted by atomic mass is 10.1. The molecule has 3 heterocycles. The van der Waals surface area contributed by atoms with Gasteiger partial charge in [0.05, 0.1) is 11.8 Å². The van der Waals surface area contributed by atoms with E-state index in [0.717, 1.165) is 29.3 Å². The summed E-state index contributed by atoms with van der Waals surface area (Å²) < 4.78 is 8.54. The van der Waals surface area contributed by atoms with Gasteiger partial charge in [-0.25, -0.2) is 4.98 Å². The highest BCUT2D eigenvalue weighted by Crippen LogP contribution is 2.26. The first-order valence-electron chi connectivity index (χ1n) is 12.5. The minimum Gasteiger partial charge on any atom is -0.355 e. The predicted molar refractivity (Wildman–Crippen MR) is 141 cm³/mol. The summed E-state index contributed by atoms with van der Waals surface area (Å²) in [5.41, 5.74) is 3.77. The molecule has 5 aromatic rings. The molecule has 0 saturated heterocycles. The minimum atomic E-state index is -0.264. The number of fused-ring (bicyclic) bond motifs is 3. The van der Waals surface area contributed by atoms with E-state index in [4.69, 9.17) is 4.52 Å². The van der Waals surface area contributed by atoms with E-state index in [1.54, 1.807) is 4.57 Å². The standard InChI is InChI=1S/C28H30N6O3/c1-18(2)27-31-24(37-32-27)16-33-17-30-25-21-14-19(3)11-12-22(21)34(26(25)28(33)36)15-23(35)29-13-7-10-20-8-5-4-6-9-20/h4-6,8-9,11-12,14,17-18H,7,10,13,15-16H2,1-3H3,(H,29,35). The molecule has 190 valence electrons. The summed E-state index contributed by atoms with van der Waals surface area (Å²) in [5, 5.41) is 7.82. The Labute approximate surface area is 214 Å². The normalized spacial score (nSPS) is 11.6. The molecular formula is C28H30N6O3. The number of benzene rings is 2. The molecule has 9 heteroatoms. The van der Waals surface area contributed by atoms with E-state index in [9.17, 15) is 9.59 Å². The molecule has 3 aromatic heterocycles. The van der Waals surface area contributed by atoms with Gasteiger partial charge in [-0.2, -0.15) is 4.98 Å². The summed E-state index contributed by atoms with van der Waals surface area (Å²) >= 11 is 0. The third-order valence-electron chi connectivity index (χ3n) is 6.40. The Hall–Kier alpha value is -4.27. The summed E-state index contributed by atoms with van der Waals surface area (Å²) in [4.78, 5) is 35.5. The van der Waals surface area contributed by atoms with E-state index in [2.05, 4.69) is 32.6 Å². The lowest BCUT2D eigenvalue weighted by Gasteiger charge is -2.09. The van der Waals surface area contributed by atoms with Crippen molar-refractivity contribution in [1.29, 1.82) is 0 Å². The number of nitrogens with zero attached hydrogens (tertiary/aromatic N) is 5. The summed E-state index contributed by atoms with van der Waals surface area (Å²) in [6, 6.07) is 16.1. The van der Waals surface area contributed by atoms with Crippen molar-refractivity contribution in [3.05, 3.63) is 88.1 Å². The molecule has 0 unspecified atom stereocenters. The maximum absolute atomic E-state index is 13.6. The van der Waals surface area contributed by atoms with E-state index in [0.29, 0.717) is 29.3 Å². The topological polar surface area (TPSA) is 108 Å². The molecule has 0 saturated carbocycles. The van der Waals surface area contributed by atoms with E-state index >= 15 is 0 Å². The van der Waals surface area contributed by atoms with Gasteiger partial charge in [-0.3, -0.25) is 14.2 Å². The van der Waals surface area contributed by atoms with Crippen molar-refractivity contribution >= 4 is 27.8 Å². The number of aromatic nitrogens is 5. The number of amides is 1. The number of carbonyl (C=O) groups is 1. The minimum absolute atomic E-state index is 0.0212. The number of aryl methyl sites for hydroxylation is 2. The fourth-order valence-corrected chi connectivity index (χ4v) is 4.47. The van der Waals surface area contributed by atoms with Crippen LogP contribution in [0, 0.1) is 6.92 Å². The fraction of sp³-hybridized carbons (Fsp3) is 0.321. The lowest BCUT2D eigenvalue weighted by molar-refractivity contribution is -0.121. The first kappa shape index (κ1) is 24.4. The lowest BCUT2D eigenvalue weighted by Crippen LogP contribution is -2.30. The van der Waals surface area contributed by atoms with Crippen LogP contribution < -0.4 is 10.9 Å². The molecule has 2 aromatic carbocycles. The highest BCUT2D eigenvalue weighted by atomic mass is 16.5. The van der Waals surface area contributed by atoms with Crippen LogP contribution in [-0.4, -0.2) is 36.7 Å². The van der Waals surface area contributed by atoms with Crippen LogP contribution >= 0.6 is 0 Å². The average Bonchev–Trinajstić information content (AvgIpc) is 3.47. The molecule has 0 aliphatic rings. The Kier molecular flexibility index (Phi) is 6.85. The molecule has 1 N–H and O–H groups in total. The van der Waals surface area contributed by atoms with E-state index in [-0.39, 0.29) is 30.5 Å². The number of carbonyl (C=O) groups excluding carboxylic acids is 1. The van der Waals surface area contributed by atoms with Gasteiger partial charge < -0.3 is 14.4 Å². The van der Waals surface area contributed by atoms with Gasteiger partial charge in [0.1, 0.15) is 24.1 Å². The van der Waals surface area contributed by atoms with Gasteiger partial charge in [0, 0.05) is 17.8 Å². The molecule has 0 radical (unpaired) electrons. The second-order valence-electron chi connectivity index (χ2n) is 9.62. The molecular weight excluding hydrogens is 468 g/mol. The van der Waals surface area contributed by atoms with Crippen LogP contribution in [0.3, 0.4) is 0 Å². The number of hydrogen-bond acceptors (Lipinski definition) is 6.